The van der Waals surface area contributed by atoms with Crippen molar-refractivity contribution in [3.05, 3.63) is 44.5 Å². The Kier molecular flexibility index (Phi) is 6.41. The van der Waals surface area contributed by atoms with Gasteiger partial charge in [0, 0.05) is 0 Å². The smallest absolute Gasteiger partial charge is 0.345 e. The number of hydrogen-bond acceptors (Lipinski definition) is 7. The van der Waals surface area contributed by atoms with Crippen LogP contribution in [0.15, 0.2) is 9.79 Å². The Morgan fingerprint density at radius 2 is 1.34 bits per heavy atom. The average molecular weight is 435 g/mol. The van der Waals surface area contributed by atoms with Crippen molar-refractivity contribution < 1.29 is 24.1 Å². The molecule has 0 fully saturated rings. The van der Waals surface area contributed by atoms with Gasteiger partial charge in [0.25, 0.3) is 0 Å². The Balaban J connectivity index is 2.09. The van der Waals surface area contributed by atoms with E-state index in [1.807, 2.05) is 27.7 Å². The van der Waals surface area contributed by atoms with E-state index < -0.39 is 0 Å². The van der Waals surface area contributed by atoms with Crippen molar-refractivity contribution in [2.24, 2.45) is 0 Å². The molecule has 0 spiro atoms. The molecular weight excluding hydrogens is 408 g/mol. The number of carbonyl (C=O) groups is 1. The number of fused-ring (bicyclic) bond motifs is 1. The number of carbonyl (C=O) groups excluding carboxylic acids is 1. The Morgan fingerprint density at radius 1 is 0.793 bits per heavy atom. The highest BCUT2D eigenvalue weighted by Gasteiger charge is 2.29. The Labute approximate surface area is 179 Å². The molecule has 0 radical (unpaired) electrons. The van der Waals surface area contributed by atoms with Gasteiger partial charge in [-0.3, -0.25) is 0 Å². The number of aliphatic hydroxyl groups excluding tert-OH is 1. The van der Waals surface area contributed by atoms with Gasteiger partial charge in [-0.05, 0) is 109 Å². The van der Waals surface area contributed by atoms with E-state index >= 15 is 0 Å². The van der Waals surface area contributed by atoms with Gasteiger partial charge < -0.3 is 19.3 Å². The van der Waals surface area contributed by atoms with Gasteiger partial charge in [0.1, 0.15) is 11.3 Å². The summed E-state index contributed by atoms with van der Waals surface area (Å²) in [5.41, 5.74) is 8.01. The predicted molar refractivity (Wildman–Crippen MR) is 116 cm³/mol. The third-order valence-corrected chi connectivity index (χ3v) is 8.51. The topological polar surface area (TPSA) is 65.0 Å². The van der Waals surface area contributed by atoms with Crippen molar-refractivity contribution in [2.75, 3.05) is 13.6 Å². The lowest BCUT2D eigenvalue weighted by molar-refractivity contribution is 0.00354. The van der Waals surface area contributed by atoms with E-state index in [-0.39, 0.29) is 19.6 Å². The van der Waals surface area contributed by atoms with Crippen LogP contribution in [0, 0.1) is 48.5 Å². The molecule has 2 aromatic rings. The molecule has 0 amide bonds. The highest BCUT2D eigenvalue weighted by Crippen LogP contribution is 2.52. The summed E-state index contributed by atoms with van der Waals surface area (Å²) in [6.45, 7) is 13.7. The van der Waals surface area contributed by atoms with Crippen LogP contribution in [-0.2, 0) is 4.74 Å². The van der Waals surface area contributed by atoms with Crippen LogP contribution in [0.1, 0.15) is 49.3 Å². The van der Waals surface area contributed by atoms with E-state index in [0.717, 1.165) is 43.2 Å². The number of esters is 1. The van der Waals surface area contributed by atoms with Gasteiger partial charge in [0.05, 0.1) is 9.79 Å². The first-order valence-electron chi connectivity index (χ1n) is 9.32. The highest BCUT2D eigenvalue weighted by molar-refractivity contribution is 8.76. The van der Waals surface area contributed by atoms with Gasteiger partial charge in [-0.1, -0.05) is 0 Å². The van der Waals surface area contributed by atoms with Crippen molar-refractivity contribution in [2.45, 2.75) is 58.3 Å². The van der Waals surface area contributed by atoms with Crippen molar-refractivity contribution >= 4 is 27.6 Å². The molecule has 0 aliphatic carbocycles. The summed E-state index contributed by atoms with van der Waals surface area (Å²) < 4.78 is 16.4. The molecule has 1 aliphatic heterocycles. The molecule has 2 aromatic carbocycles. The van der Waals surface area contributed by atoms with E-state index in [2.05, 4.69) is 20.8 Å². The minimum absolute atomic E-state index is 0.0767. The van der Waals surface area contributed by atoms with Gasteiger partial charge >= 0.3 is 5.97 Å². The molecule has 0 saturated heterocycles. The van der Waals surface area contributed by atoms with Crippen LogP contribution >= 0.6 is 21.6 Å². The number of hydrogen-bond donors (Lipinski definition) is 1. The third kappa shape index (κ3) is 3.71. The number of aliphatic hydroxyl groups is 1. The molecule has 0 atom stereocenters. The quantitative estimate of drug-likeness (QED) is 0.380. The second kappa shape index (κ2) is 8.50. The molecule has 3 rings (SSSR count). The SMILES string of the molecule is Cc1c(C)c(C)c(SSc2c(C)c(C)c(C)c3c2OCOC3=O)c(OCO)c1C. The van der Waals surface area contributed by atoms with Crippen LogP contribution < -0.4 is 9.47 Å². The number of cyclic esters (lactones) is 1. The highest BCUT2D eigenvalue weighted by atomic mass is 33.1. The fourth-order valence-electron chi connectivity index (χ4n) is 3.46. The van der Waals surface area contributed by atoms with Crippen LogP contribution in [0.4, 0.5) is 0 Å². The predicted octanol–water partition coefficient (Wildman–Crippen LogP) is 5.48. The summed E-state index contributed by atoms with van der Waals surface area (Å²) in [4.78, 5) is 14.2. The van der Waals surface area contributed by atoms with Crippen molar-refractivity contribution in [1.29, 1.82) is 0 Å². The first-order valence-corrected chi connectivity index (χ1v) is 11.5. The minimum Gasteiger partial charge on any atom is -0.466 e. The zero-order valence-corrected chi connectivity index (χ0v) is 19.4. The fraction of sp³-hybridized carbons (Fsp3) is 0.409. The minimum atomic E-state index is -0.381. The molecule has 0 unspecified atom stereocenters. The third-order valence-electron chi connectivity index (χ3n) is 5.86. The lowest BCUT2D eigenvalue weighted by Gasteiger charge is -2.25. The number of ether oxygens (including phenoxy) is 3. The molecular formula is C22H26O5S2. The van der Waals surface area contributed by atoms with Crippen LogP contribution in [0.25, 0.3) is 0 Å². The van der Waals surface area contributed by atoms with Crippen molar-refractivity contribution in [3.63, 3.8) is 0 Å². The molecule has 0 bridgehead atoms. The number of benzene rings is 2. The molecule has 1 N–H and O–H groups in total. The maximum atomic E-state index is 12.4. The zero-order chi connectivity index (χ0) is 21.5. The molecule has 0 aromatic heterocycles. The van der Waals surface area contributed by atoms with Crippen LogP contribution in [0.3, 0.4) is 0 Å². The zero-order valence-electron chi connectivity index (χ0n) is 17.8. The van der Waals surface area contributed by atoms with E-state index in [9.17, 15) is 9.90 Å². The molecule has 156 valence electrons. The number of rotatable bonds is 5. The molecule has 1 heterocycles. The summed E-state index contributed by atoms with van der Waals surface area (Å²) in [5, 5.41) is 9.39. The summed E-state index contributed by atoms with van der Waals surface area (Å²) in [5.74, 6) is 0.935. The van der Waals surface area contributed by atoms with Gasteiger partial charge in [-0.15, -0.1) is 0 Å². The van der Waals surface area contributed by atoms with E-state index in [1.54, 1.807) is 10.8 Å². The maximum Gasteiger partial charge on any atom is 0.345 e. The maximum absolute atomic E-state index is 12.4. The normalized spacial score (nSPS) is 13.0. The van der Waals surface area contributed by atoms with Crippen LogP contribution in [-0.4, -0.2) is 24.7 Å². The van der Waals surface area contributed by atoms with Gasteiger partial charge in [-0.25, -0.2) is 4.79 Å². The molecule has 29 heavy (non-hydrogen) atoms. The second-order valence-electron chi connectivity index (χ2n) is 7.20. The molecule has 5 nitrogen and oxygen atoms in total. The molecule has 7 heteroatoms. The van der Waals surface area contributed by atoms with Crippen LogP contribution in [0.5, 0.6) is 11.5 Å². The molecule has 1 aliphatic rings. The van der Waals surface area contributed by atoms with Gasteiger partial charge in [-0.2, -0.15) is 0 Å². The largest absolute Gasteiger partial charge is 0.466 e. The average Bonchev–Trinajstić information content (AvgIpc) is 2.70. The van der Waals surface area contributed by atoms with E-state index in [0.29, 0.717) is 17.1 Å². The fourth-order valence-corrected chi connectivity index (χ4v) is 6.41. The van der Waals surface area contributed by atoms with Crippen molar-refractivity contribution in [3.8, 4) is 11.5 Å². The standard InChI is InChI=1S/C22H26O5S2/c1-10-11(2)15(6)20(18(14(10)5)25-8-23)28-29-21-16(7)12(3)13(4)17-19(21)26-9-27-22(17)24/h23H,8-9H2,1-7H3. The Morgan fingerprint density at radius 3 is 2.00 bits per heavy atom. The van der Waals surface area contributed by atoms with Crippen molar-refractivity contribution in [1.82, 2.24) is 0 Å². The Hall–Kier alpha value is -1.83. The van der Waals surface area contributed by atoms with E-state index in [4.69, 9.17) is 14.2 Å². The first kappa shape index (κ1) is 21.9. The van der Waals surface area contributed by atoms with Gasteiger partial charge in [0.2, 0.25) is 6.79 Å². The first-order chi connectivity index (χ1) is 13.7. The molecule has 0 saturated carbocycles. The van der Waals surface area contributed by atoms with Crippen LogP contribution in [0.2, 0.25) is 0 Å². The van der Waals surface area contributed by atoms with E-state index in [1.165, 1.54) is 16.4 Å². The lowest BCUT2D eigenvalue weighted by atomic mass is 9.97. The summed E-state index contributed by atoms with van der Waals surface area (Å²) in [6, 6.07) is 0. The second-order valence-corrected chi connectivity index (χ2v) is 9.35. The summed E-state index contributed by atoms with van der Waals surface area (Å²) in [7, 11) is 3.09. The van der Waals surface area contributed by atoms with Gasteiger partial charge in [0.15, 0.2) is 12.5 Å². The summed E-state index contributed by atoms with van der Waals surface area (Å²) in [6.07, 6.45) is 0. The monoisotopic (exact) mass is 434 g/mol. The lowest BCUT2D eigenvalue weighted by Crippen LogP contribution is -2.21. The Bertz CT molecular complexity index is 998. The summed E-state index contributed by atoms with van der Waals surface area (Å²) >= 11 is 0.